The van der Waals surface area contributed by atoms with Crippen LogP contribution in [0.2, 0.25) is 0 Å². The van der Waals surface area contributed by atoms with Crippen LogP contribution in [0.3, 0.4) is 0 Å². The molecule has 8 heteroatoms. The smallest absolute Gasteiger partial charge is 0.166 e. The van der Waals surface area contributed by atoms with Crippen molar-refractivity contribution in [3.05, 3.63) is 17.8 Å². The molecule has 2 aliphatic rings. The van der Waals surface area contributed by atoms with Crippen molar-refractivity contribution in [1.82, 2.24) is 19.5 Å². The van der Waals surface area contributed by atoms with Crippen molar-refractivity contribution in [3.63, 3.8) is 0 Å². The Kier molecular flexibility index (Phi) is 2.62. The molecule has 0 amide bonds. The Morgan fingerprint density at radius 2 is 2.24 bits per heavy atom. The van der Waals surface area contributed by atoms with Crippen LogP contribution in [-0.2, 0) is 9.47 Å². The fraction of sp³-hybridized carbons (Fsp3) is 0.615. The molecule has 8 nitrogen and oxygen atoms in total. The maximum absolute atomic E-state index is 10.3. The topological polar surface area (TPSA) is 103 Å². The van der Waals surface area contributed by atoms with E-state index in [1.54, 1.807) is 10.9 Å². The molecule has 2 saturated heterocycles. The standard InChI is InChI=1S/C13H16N4O4/c1-6-8-11(16-7(2)15-6)17(5-14-8)12-9-10(19)13(3-18,21-12)4-20-9/h5,9-10,12,18-19H,3-4H2,1-2H3/t9-,10?,12+,13-/m0/s1. The van der Waals surface area contributed by atoms with Gasteiger partial charge >= 0.3 is 0 Å². The molecule has 0 spiro atoms. The predicted molar refractivity (Wildman–Crippen MR) is 70.5 cm³/mol. The lowest BCUT2D eigenvalue weighted by atomic mass is 10.0. The van der Waals surface area contributed by atoms with Crippen molar-refractivity contribution in [1.29, 1.82) is 0 Å². The van der Waals surface area contributed by atoms with E-state index in [9.17, 15) is 10.2 Å². The minimum atomic E-state index is -1.05. The molecule has 0 aliphatic carbocycles. The van der Waals surface area contributed by atoms with Crippen LogP contribution >= 0.6 is 0 Å². The third-order valence-corrected chi connectivity index (χ3v) is 4.26. The van der Waals surface area contributed by atoms with Gasteiger partial charge in [0.1, 0.15) is 29.2 Å². The van der Waals surface area contributed by atoms with Gasteiger partial charge in [0.15, 0.2) is 11.9 Å². The van der Waals surface area contributed by atoms with Gasteiger partial charge in [-0.1, -0.05) is 0 Å². The number of nitrogens with zero attached hydrogens (tertiary/aromatic N) is 4. The second-order valence-corrected chi connectivity index (χ2v) is 5.63. The molecule has 2 bridgehead atoms. The number of aryl methyl sites for hydroxylation is 2. The zero-order valence-electron chi connectivity index (χ0n) is 11.7. The predicted octanol–water partition coefficient (Wildman–Crippen LogP) is -0.537. The first kappa shape index (κ1) is 13.1. The van der Waals surface area contributed by atoms with Gasteiger partial charge in [-0.15, -0.1) is 0 Å². The largest absolute Gasteiger partial charge is 0.393 e. The highest BCUT2D eigenvalue weighted by Gasteiger charge is 2.61. The highest BCUT2D eigenvalue weighted by molar-refractivity contribution is 5.73. The molecule has 2 aliphatic heterocycles. The van der Waals surface area contributed by atoms with Crippen LogP contribution in [0.15, 0.2) is 6.33 Å². The van der Waals surface area contributed by atoms with E-state index < -0.39 is 24.0 Å². The molecule has 2 fully saturated rings. The maximum atomic E-state index is 10.3. The zero-order chi connectivity index (χ0) is 14.8. The number of aromatic nitrogens is 4. The molecule has 0 saturated carbocycles. The van der Waals surface area contributed by atoms with Crippen LogP contribution in [0, 0.1) is 13.8 Å². The Morgan fingerprint density at radius 3 is 2.95 bits per heavy atom. The van der Waals surface area contributed by atoms with Gasteiger partial charge < -0.3 is 19.7 Å². The van der Waals surface area contributed by atoms with Crippen LogP contribution in [0.25, 0.3) is 11.2 Å². The molecule has 1 unspecified atom stereocenters. The first-order chi connectivity index (χ1) is 10.1. The second kappa shape index (κ2) is 4.20. The molecule has 0 radical (unpaired) electrons. The Balaban J connectivity index is 1.82. The minimum absolute atomic E-state index is 0.186. The Morgan fingerprint density at radius 1 is 1.43 bits per heavy atom. The van der Waals surface area contributed by atoms with Gasteiger partial charge in [-0.25, -0.2) is 15.0 Å². The van der Waals surface area contributed by atoms with Gasteiger partial charge in [-0.3, -0.25) is 4.57 Å². The summed E-state index contributed by atoms with van der Waals surface area (Å²) in [4.78, 5) is 13.0. The quantitative estimate of drug-likeness (QED) is 0.766. The number of aliphatic hydroxyl groups is 2. The summed E-state index contributed by atoms with van der Waals surface area (Å²) in [5.74, 6) is 0.642. The van der Waals surface area contributed by atoms with Crippen molar-refractivity contribution >= 4 is 11.2 Å². The molecule has 4 heterocycles. The summed E-state index contributed by atoms with van der Waals surface area (Å²) in [5, 5.41) is 19.8. The lowest BCUT2D eigenvalue weighted by molar-refractivity contribution is -0.185. The van der Waals surface area contributed by atoms with E-state index in [2.05, 4.69) is 15.0 Å². The van der Waals surface area contributed by atoms with E-state index in [0.717, 1.165) is 5.69 Å². The van der Waals surface area contributed by atoms with Crippen molar-refractivity contribution in [3.8, 4) is 0 Å². The summed E-state index contributed by atoms with van der Waals surface area (Å²) >= 11 is 0. The number of imidazole rings is 1. The number of hydrogen-bond donors (Lipinski definition) is 2. The average Bonchev–Trinajstić information content (AvgIpc) is 3.09. The number of ether oxygens (including phenoxy) is 2. The van der Waals surface area contributed by atoms with E-state index in [4.69, 9.17) is 9.47 Å². The van der Waals surface area contributed by atoms with Crippen LogP contribution in [0.4, 0.5) is 0 Å². The fourth-order valence-electron chi connectivity index (χ4n) is 3.13. The lowest BCUT2D eigenvalue weighted by Crippen LogP contribution is -2.44. The van der Waals surface area contributed by atoms with Crippen molar-refractivity contribution in [2.24, 2.45) is 0 Å². The highest BCUT2D eigenvalue weighted by Crippen LogP contribution is 2.45. The van der Waals surface area contributed by atoms with Gasteiger partial charge in [-0.2, -0.15) is 0 Å². The van der Waals surface area contributed by atoms with Crippen molar-refractivity contribution in [2.75, 3.05) is 13.2 Å². The summed E-state index contributed by atoms with van der Waals surface area (Å²) < 4.78 is 13.2. The van der Waals surface area contributed by atoms with Crippen molar-refractivity contribution < 1.29 is 19.7 Å². The monoisotopic (exact) mass is 292 g/mol. The number of aliphatic hydroxyl groups excluding tert-OH is 2. The first-order valence-electron chi connectivity index (χ1n) is 6.82. The summed E-state index contributed by atoms with van der Waals surface area (Å²) in [6.07, 6.45) is -0.350. The Bertz CT molecular complexity index is 718. The van der Waals surface area contributed by atoms with Gasteiger partial charge in [0.25, 0.3) is 0 Å². The molecule has 2 N–H and O–H groups in total. The lowest BCUT2D eigenvalue weighted by Gasteiger charge is -2.29. The number of rotatable bonds is 2. The molecule has 2 aromatic rings. The molecule has 112 valence electrons. The van der Waals surface area contributed by atoms with Crippen LogP contribution in [-0.4, -0.2) is 60.8 Å². The molecule has 4 rings (SSSR count). The summed E-state index contributed by atoms with van der Waals surface area (Å²) in [5.41, 5.74) is 1.07. The molecular weight excluding hydrogens is 276 g/mol. The summed E-state index contributed by atoms with van der Waals surface area (Å²) in [7, 11) is 0. The SMILES string of the molecule is Cc1nc(C)c2ncn([C@@H]3O[C@@]4(CO)CO[C@H]3C4O)c2n1. The van der Waals surface area contributed by atoms with Crippen LogP contribution < -0.4 is 0 Å². The number of hydrogen-bond acceptors (Lipinski definition) is 7. The molecule has 2 aromatic heterocycles. The highest BCUT2D eigenvalue weighted by atomic mass is 16.7. The average molecular weight is 292 g/mol. The molecule has 21 heavy (non-hydrogen) atoms. The van der Waals surface area contributed by atoms with Gasteiger partial charge in [-0.05, 0) is 13.8 Å². The maximum Gasteiger partial charge on any atom is 0.166 e. The third-order valence-electron chi connectivity index (χ3n) is 4.26. The molecular formula is C13H16N4O4. The third kappa shape index (κ3) is 1.61. The van der Waals surface area contributed by atoms with Crippen molar-refractivity contribution in [2.45, 2.75) is 37.9 Å². The van der Waals surface area contributed by atoms with E-state index >= 15 is 0 Å². The Hall–Kier alpha value is -1.61. The van der Waals surface area contributed by atoms with Gasteiger partial charge in [0, 0.05) is 0 Å². The minimum Gasteiger partial charge on any atom is -0.393 e. The van der Waals surface area contributed by atoms with Gasteiger partial charge in [0.2, 0.25) is 0 Å². The first-order valence-corrected chi connectivity index (χ1v) is 6.82. The van der Waals surface area contributed by atoms with E-state index in [-0.39, 0.29) is 13.2 Å². The molecule has 4 atom stereocenters. The van der Waals surface area contributed by atoms with E-state index in [1.807, 2.05) is 13.8 Å². The number of fused-ring (bicyclic) bond motifs is 3. The van der Waals surface area contributed by atoms with Crippen LogP contribution in [0.5, 0.6) is 0 Å². The normalized spacial score (nSPS) is 35.0. The summed E-state index contributed by atoms with van der Waals surface area (Å²) in [6.45, 7) is 3.58. The van der Waals surface area contributed by atoms with Crippen LogP contribution in [0.1, 0.15) is 17.7 Å². The zero-order valence-corrected chi connectivity index (χ0v) is 11.7. The summed E-state index contributed by atoms with van der Waals surface area (Å²) in [6, 6.07) is 0. The Labute approximate surface area is 120 Å². The molecule has 0 aromatic carbocycles. The van der Waals surface area contributed by atoms with E-state index in [1.165, 1.54) is 0 Å². The second-order valence-electron chi connectivity index (χ2n) is 5.63. The van der Waals surface area contributed by atoms with E-state index in [0.29, 0.717) is 17.0 Å². The van der Waals surface area contributed by atoms with Gasteiger partial charge in [0.05, 0.1) is 25.2 Å². The fourth-order valence-corrected chi connectivity index (χ4v) is 3.13.